The molecular formula is C14H18N2O2S. The van der Waals surface area contributed by atoms with Crippen molar-refractivity contribution in [1.29, 1.82) is 5.26 Å². The highest BCUT2D eigenvalue weighted by atomic mass is 32.2. The summed E-state index contributed by atoms with van der Waals surface area (Å²) in [5.74, 6) is 0. The molecule has 0 saturated heterocycles. The largest absolute Gasteiger partial charge is 0.241 e. The molecule has 0 heterocycles. The fourth-order valence-electron chi connectivity index (χ4n) is 2.49. The average molecular weight is 278 g/mol. The molecule has 0 amide bonds. The van der Waals surface area contributed by atoms with Crippen LogP contribution in [0.15, 0.2) is 29.2 Å². The summed E-state index contributed by atoms with van der Waals surface area (Å²) in [7, 11) is -3.63. The van der Waals surface area contributed by atoms with Crippen molar-refractivity contribution in [1.82, 2.24) is 4.72 Å². The fourth-order valence-corrected chi connectivity index (χ4v) is 3.97. The van der Waals surface area contributed by atoms with E-state index in [9.17, 15) is 13.7 Å². The quantitative estimate of drug-likeness (QED) is 0.923. The van der Waals surface area contributed by atoms with E-state index in [0.717, 1.165) is 24.8 Å². The Morgan fingerprint density at radius 2 is 1.95 bits per heavy atom. The lowest BCUT2D eigenvalue weighted by Gasteiger charge is -2.31. The van der Waals surface area contributed by atoms with Crippen LogP contribution < -0.4 is 4.72 Å². The first-order valence-corrected chi connectivity index (χ1v) is 7.98. The molecule has 1 aliphatic carbocycles. The maximum Gasteiger partial charge on any atom is 0.241 e. The van der Waals surface area contributed by atoms with Gasteiger partial charge in [0.15, 0.2) is 0 Å². The third-order valence-electron chi connectivity index (χ3n) is 3.55. The van der Waals surface area contributed by atoms with Gasteiger partial charge in [-0.15, -0.1) is 0 Å². The average Bonchev–Trinajstić information content (AvgIpc) is 2.39. The zero-order chi connectivity index (χ0) is 13.9. The second kappa shape index (κ2) is 5.32. The topological polar surface area (TPSA) is 70.0 Å². The van der Waals surface area contributed by atoms with Crippen molar-refractivity contribution >= 4 is 10.0 Å². The molecule has 2 rings (SSSR count). The molecule has 1 aromatic carbocycles. The molecule has 1 aliphatic rings. The van der Waals surface area contributed by atoms with Crippen LogP contribution >= 0.6 is 0 Å². The molecule has 4 nitrogen and oxygen atoms in total. The normalized spacial score (nSPS) is 18.7. The summed E-state index contributed by atoms with van der Waals surface area (Å²) >= 11 is 0. The van der Waals surface area contributed by atoms with Crippen LogP contribution in [0.2, 0.25) is 0 Å². The molecule has 5 heteroatoms. The first kappa shape index (κ1) is 14.0. The van der Waals surface area contributed by atoms with Crippen LogP contribution in [0.1, 0.15) is 37.7 Å². The van der Waals surface area contributed by atoms with Crippen molar-refractivity contribution in [3.05, 3.63) is 29.8 Å². The summed E-state index contributed by atoms with van der Waals surface area (Å²) in [6.45, 7) is 1.85. The number of rotatable bonds is 3. The van der Waals surface area contributed by atoms with E-state index in [1.807, 2.05) is 13.0 Å². The first-order chi connectivity index (χ1) is 8.97. The third-order valence-corrected chi connectivity index (χ3v) is 5.08. The van der Waals surface area contributed by atoms with Gasteiger partial charge in [-0.05, 0) is 37.5 Å². The van der Waals surface area contributed by atoms with Crippen LogP contribution in [0.25, 0.3) is 0 Å². The summed E-state index contributed by atoms with van der Waals surface area (Å²) in [4.78, 5) is 0.229. The Balaban J connectivity index is 2.28. The van der Waals surface area contributed by atoms with E-state index in [-0.39, 0.29) is 4.90 Å². The summed E-state index contributed by atoms with van der Waals surface area (Å²) in [6, 6.07) is 8.91. The molecule has 0 unspecified atom stereocenters. The van der Waals surface area contributed by atoms with E-state index in [4.69, 9.17) is 0 Å². The second-order valence-electron chi connectivity index (χ2n) is 5.18. The van der Waals surface area contributed by atoms with Gasteiger partial charge in [-0.25, -0.2) is 8.42 Å². The minimum absolute atomic E-state index is 0.229. The molecule has 19 heavy (non-hydrogen) atoms. The second-order valence-corrected chi connectivity index (χ2v) is 6.86. The number of benzene rings is 1. The Morgan fingerprint density at radius 1 is 1.26 bits per heavy atom. The molecule has 102 valence electrons. The Morgan fingerprint density at radius 3 is 2.53 bits per heavy atom. The molecule has 0 aromatic heterocycles. The van der Waals surface area contributed by atoms with Gasteiger partial charge in [0.25, 0.3) is 0 Å². The smallest absolute Gasteiger partial charge is 0.207 e. The lowest BCUT2D eigenvalue weighted by Crippen LogP contribution is -2.48. The van der Waals surface area contributed by atoms with Crippen molar-refractivity contribution in [3.8, 4) is 6.07 Å². The molecule has 0 spiro atoms. The molecule has 0 bridgehead atoms. The van der Waals surface area contributed by atoms with Crippen LogP contribution in [-0.2, 0) is 10.0 Å². The van der Waals surface area contributed by atoms with Gasteiger partial charge >= 0.3 is 0 Å². The first-order valence-electron chi connectivity index (χ1n) is 6.49. The van der Waals surface area contributed by atoms with Crippen molar-refractivity contribution in [2.45, 2.75) is 49.5 Å². The van der Waals surface area contributed by atoms with Crippen LogP contribution in [0.4, 0.5) is 0 Å². The Hall–Kier alpha value is -1.38. The van der Waals surface area contributed by atoms with Crippen LogP contribution in [-0.4, -0.2) is 14.0 Å². The molecule has 1 aromatic rings. The van der Waals surface area contributed by atoms with Gasteiger partial charge in [-0.2, -0.15) is 9.98 Å². The van der Waals surface area contributed by atoms with Crippen molar-refractivity contribution < 1.29 is 8.42 Å². The molecule has 1 N–H and O–H groups in total. The highest BCUT2D eigenvalue weighted by molar-refractivity contribution is 7.89. The van der Waals surface area contributed by atoms with Gasteiger partial charge in [-0.1, -0.05) is 31.4 Å². The van der Waals surface area contributed by atoms with E-state index in [1.165, 1.54) is 0 Å². The molecule has 1 saturated carbocycles. The van der Waals surface area contributed by atoms with Gasteiger partial charge in [-0.3, -0.25) is 0 Å². The predicted octanol–water partition coefficient (Wildman–Crippen LogP) is 2.50. The maximum atomic E-state index is 12.4. The fraction of sp³-hybridized carbons (Fsp3) is 0.500. The molecule has 0 radical (unpaired) electrons. The van der Waals surface area contributed by atoms with Gasteiger partial charge in [0, 0.05) is 0 Å². The zero-order valence-corrected chi connectivity index (χ0v) is 11.8. The predicted molar refractivity (Wildman–Crippen MR) is 72.9 cm³/mol. The number of nitrogens with zero attached hydrogens (tertiary/aromatic N) is 1. The van der Waals surface area contributed by atoms with Crippen LogP contribution in [0.3, 0.4) is 0 Å². The molecule has 1 fully saturated rings. The lowest BCUT2D eigenvalue weighted by molar-refractivity contribution is 0.338. The van der Waals surface area contributed by atoms with Gasteiger partial charge in [0.05, 0.1) is 11.0 Å². The SMILES string of the molecule is Cc1cccc(S(=O)(=O)NC2(C#N)CCCCC2)c1. The maximum absolute atomic E-state index is 12.4. The zero-order valence-electron chi connectivity index (χ0n) is 11.0. The number of aryl methyl sites for hydroxylation is 1. The Kier molecular flexibility index (Phi) is 3.93. The number of nitriles is 1. The van der Waals surface area contributed by atoms with E-state index in [1.54, 1.807) is 18.2 Å². The minimum atomic E-state index is -3.63. The third kappa shape index (κ3) is 3.14. The van der Waals surface area contributed by atoms with Crippen molar-refractivity contribution in [3.63, 3.8) is 0 Å². The number of hydrogen-bond acceptors (Lipinski definition) is 3. The van der Waals surface area contributed by atoms with Gasteiger partial charge in [0.1, 0.15) is 5.54 Å². The molecule has 0 atom stereocenters. The Labute approximate surface area is 114 Å². The van der Waals surface area contributed by atoms with Crippen molar-refractivity contribution in [2.75, 3.05) is 0 Å². The summed E-state index contributed by atoms with van der Waals surface area (Å²) in [5, 5.41) is 9.33. The van der Waals surface area contributed by atoms with Gasteiger partial charge < -0.3 is 0 Å². The number of sulfonamides is 1. The van der Waals surface area contributed by atoms with E-state index < -0.39 is 15.6 Å². The van der Waals surface area contributed by atoms with E-state index in [0.29, 0.717) is 12.8 Å². The summed E-state index contributed by atoms with van der Waals surface area (Å²) in [5.41, 5.74) is -0.0431. The highest BCUT2D eigenvalue weighted by Crippen LogP contribution is 2.29. The van der Waals surface area contributed by atoms with E-state index >= 15 is 0 Å². The minimum Gasteiger partial charge on any atom is -0.207 e. The molecular weight excluding hydrogens is 260 g/mol. The lowest BCUT2D eigenvalue weighted by atomic mass is 9.84. The van der Waals surface area contributed by atoms with E-state index in [2.05, 4.69) is 10.8 Å². The number of nitrogens with one attached hydrogen (secondary N) is 1. The van der Waals surface area contributed by atoms with Crippen molar-refractivity contribution in [2.24, 2.45) is 0 Å². The standard InChI is InChI=1S/C14H18N2O2S/c1-12-6-5-7-13(10-12)19(17,18)16-14(11-15)8-3-2-4-9-14/h5-7,10,16H,2-4,8-9H2,1H3. The summed E-state index contributed by atoms with van der Waals surface area (Å²) in [6.07, 6.45) is 4.03. The summed E-state index contributed by atoms with van der Waals surface area (Å²) < 4.78 is 27.3. The van der Waals surface area contributed by atoms with Crippen LogP contribution in [0.5, 0.6) is 0 Å². The molecule has 0 aliphatic heterocycles. The highest BCUT2D eigenvalue weighted by Gasteiger charge is 2.36. The Bertz CT molecular complexity index is 596. The number of hydrogen-bond donors (Lipinski definition) is 1. The van der Waals surface area contributed by atoms with Gasteiger partial charge in [0.2, 0.25) is 10.0 Å². The van der Waals surface area contributed by atoms with Crippen LogP contribution in [0, 0.1) is 18.3 Å². The monoisotopic (exact) mass is 278 g/mol.